The molecule has 0 saturated carbocycles. The number of hydrogen-bond acceptors (Lipinski definition) is 2. The second-order valence-corrected chi connectivity index (χ2v) is 11.3. The first-order valence-corrected chi connectivity index (χ1v) is 15.5. The molecule has 0 unspecified atom stereocenters. The first-order valence-electron chi connectivity index (χ1n) is 15.5. The smallest absolute Gasteiger partial charge is 0.0713 e. The molecule has 2 heteroatoms. The van der Waals surface area contributed by atoms with Crippen LogP contribution in [-0.2, 0) is 12.0 Å². The summed E-state index contributed by atoms with van der Waals surface area (Å²) < 4.78 is 0. The third-order valence-electron chi connectivity index (χ3n) is 8.64. The lowest BCUT2D eigenvalue weighted by molar-refractivity contribution is 0.768. The number of fused-ring (bicyclic) bond motifs is 3. The lowest BCUT2D eigenvalue weighted by atomic mass is 9.67. The van der Waals surface area contributed by atoms with Crippen molar-refractivity contribution < 1.29 is 0 Å². The van der Waals surface area contributed by atoms with Crippen molar-refractivity contribution in [2.24, 2.45) is 4.99 Å². The van der Waals surface area contributed by atoms with Crippen molar-refractivity contribution in [1.82, 2.24) is 5.32 Å². The van der Waals surface area contributed by atoms with Crippen LogP contribution in [0.2, 0.25) is 0 Å². The van der Waals surface area contributed by atoms with Crippen LogP contribution in [0.3, 0.4) is 0 Å². The van der Waals surface area contributed by atoms with Gasteiger partial charge in [0.2, 0.25) is 0 Å². The molecule has 0 radical (unpaired) electrons. The zero-order valence-electron chi connectivity index (χ0n) is 25.9. The van der Waals surface area contributed by atoms with E-state index in [-0.39, 0.29) is 5.41 Å². The van der Waals surface area contributed by atoms with Gasteiger partial charge in [-0.2, -0.15) is 0 Å². The van der Waals surface area contributed by atoms with Crippen molar-refractivity contribution in [3.05, 3.63) is 209 Å². The van der Waals surface area contributed by atoms with Crippen LogP contribution in [0.4, 0.5) is 0 Å². The van der Waals surface area contributed by atoms with Crippen molar-refractivity contribution in [3.63, 3.8) is 0 Å². The summed E-state index contributed by atoms with van der Waals surface area (Å²) in [6.07, 6.45) is 0. The molecule has 0 bridgehead atoms. The Hall–Kier alpha value is -5.47. The third kappa shape index (κ3) is 5.88. The number of nitrogens with zero attached hydrogens (tertiary/aromatic N) is 1. The number of rotatable bonds is 7. The van der Waals surface area contributed by atoms with Gasteiger partial charge in [0.05, 0.1) is 12.0 Å². The van der Waals surface area contributed by atoms with Crippen molar-refractivity contribution in [2.75, 3.05) is 7.05 Å². The first kappa shape index (κ1) is 29.6. The Morgan fingerprint density at radius 2 is 1.09 bits per heavy atom. The summed E-state index contributed by atoms with van der Waals surface area (Å²) in [5, 5.41) is 3.19. The maximum atomic E-state index is 4.58. The normalized spacial score (nSPS) is 12.7. The highest BCUT2D eigenvalue weighted by Gasteiger charge is 2.45. The lowest BCUT2D eigenvalue weighted by Crippen LogP contribution is -2.28. The molecule has 0 amide bonds. The zero-order valence-corrected chi connectivity index (χ0v) is 25.9. The van der Waals surface area contributed by atoms with Crippen LogP contribution in [0, 0.1) is 0 Å². The van der Waals surface area contributed by atoms with Crippen LogP contribution in [0.25, 0.3) is 16.8 Å². The predicted octanol–water partition coefficient (Wildman–Crippen LogP) is 9.94. The van der Waals surface area contributed by atoms with Crippen molar-refractivity contribution in [1.29, 1.82) is 0 Å². The van der Waals surface area contributed by atoms with Gasteiger partial charge in [-0.3, -0.25) is 4.99 Å². The van der Waals surface area contributed by atoms with Crippen LogP contribution in [0.1, 0.15) is 45.9 Å². The van der Waals surface area contributed by atoms with E-state index in [2.05, 4.69) is 151 Å². The fraction of sp³-hybridized carbons (Fsp3) is 0.0930. The second-order valence-electron chi connectivity index (χ2n) is 11.3. The number of nitrogens with one attached hydrogen (secondary N) is 1. The van der Waals surface area contributed by atoms with Gasteiger partial charge in [-0.15, -0.1) is 0 Å². The van der Waals surface area contributed by atoms with E-state index in [4.69, 9.17) is 0 Å². The van der Waals surface area contributed by atoms with Gasteiger partial charge in [0.15, 0.2) is 0 Å². The molecule has 0 atom stereocenters. The van der Waals surface area contributed by atoms with Crippen molar-refractivity contribution in [2.45, 2.75) is 18.9 Å². The van der Waals surface area contributed by atoms with Gasteiger partial charge in [0, 0.05) is 18.5 Å². The van der Waals surface area contributed by atoms with E-state index in [1.165, 1.54) is 44.5 Å². The fourth-order valence-electron chi connectivity index (χ4n) is 6.35. The third-order valence-corrected chi connectivity index (χ3v) is 8.64. The molecule has 0 saturated heterocycles. The molecule has 1 aliphatic rings. The molecule has 45 heavy (non-hydrogen) atoms. The van der Waals surface area contributed by atoms with Crippen LogP contribution >= 0.6 is 0 Å². The average Bonchev–Trinajstić information content (AvgIpc) is 3.42. The molecule has 6 aromatic carbocycles. The zero-order chi connectivity index (χ0) is 31.1. The lowest BCUT2D eigenvalue weighted by Gasteiger charge is -2.33. The molecule has 7 rings (SSSR count). The highest BCUT2D eigenvalue weighted by Crippen LogP contribution is 2.56. The average molecular weight is 583 g/mol. The van der Waals surface area contributed by atoms with E-state index in [0.717, 1.165) is 23.5 Å². The molecule has 1 aliphatic carbocycles. The minimum Gasteiger partial charge on any atom is -0.388 e. The topological polar surface area (TPSA) is 24.4 Å². The van der Waals surface area contributed by atoms with Crippen LogP contribution in [0.5, 0.6) is 0 Å². The first-order chi connectivity index (χ1) is 22.1. The Bertz CT molecular complexity index is 1870. The van der Waals surface area contributed by atoms with Gasteiger partial charge < -0.3 is 5.32 Å². The Balaban J connectivity index is 0.000000189. The number of aliphatic imine (C=N–C) groups is 1. The summed E-state index contributed by atoms with van der Waals surface area (Å²) in [6.45, 7) is 6.97. The Labute approximate surface area is 267 Å². The molecule has 0 aromatic heterocycles. The summed E-state index contributed by atoms with van der Waals surface area (Å²) in [6, 6.07) is 57.9. The summed E-state index contributed by atoms with van der Waals surface area (Å²) >= 11 is 0. The van der Waals surface area contributed by atoms with Gasteiger partial charge in [-0.05, 0) is 63.1 Å². The maximum Gasteiger partial charge on any atom is 0.0713 e. The highest BCUT2D eigenvalue weighted by atomic mass is 14.8. The molecular formula is C43H38N2. The molecule has 0 fully saturated rings. The van der Waals surface area contributed by atoms with E-state index in [9.17, 15) is 0 Å². The van der Waals surface area contributed by atoms with E-state index in [1.54, 1.807) is 0 Å². The standard InChI is InChI=1S/C28H23N.C15H15N/c1-20(29-2)21-17-18-27-25(19-21)24-15-9-10-16-26(24)28(27,22-11-5-3-6-12-22)23-13-7-4-8-14-23;1-13(15-10-6-3-7-11-15)16-12-14-8-4-2-5-9-14/h3-19,29H,1H2,2H3;2-11H,12H2,1H3. The molecule has 0 heterocycles. The van der Waals surface area contributed by atoms with Crippen LogP contribution in [-0.4, -0.2) is 12.8 Å². The number of hydrogen-bond donors (Lipinski definition) is 1. The van der Waals surface area contributed by atoms with Crippen LogP contribution in [0.15, 0.2) is 175 Å². The van der Waals surface area contributed by atoms with Gasteiger partial charge in [0.25, 0.3) is 0 Å². The Kier molecular flexibility index (Phi) is 8.84. The van der Waals surface area contributed by atoms with E-state index in [0.29, 0.717) is 0 Å². The van der Waals surface area contributed by atoms with Gasteiger partial charge in [-0.1, -0.05) is 164 Å². The fourth-order valence-corrected chi connectivity index (χ4v) is 6.35. The molecule has 0 aliphatic heterocycles. The van der Waals surface area contributed by atoms with Gasteiger partial charge in [0.1, 0.15) is 0 Å². The second kappa shape index (κ2) is 13.4. The van der Waals surface area contributed by atoms with Crippen LogP contribution < -0.4 is 5.32 Å². The SMILES string of the molecule is C=C(NC)c1ccc2c(c1)-c1ccccc1C2(c1ccccc1)c1ccccc1.CC(=NCc1ccccc1)c1ccccc1. The summed E-state index contributed by atoms with van der Waals surface area (Å²) in [4.78, 5) is 4.58. The van der Waals surface area contributed by atoms with Gasteiger partial charge in [-0.25, -0.2) is 0 Å². The summed E-state index contributed by atoms with van der Waals surface area (Å²) in [7, 11) is 1.92. The Morgan fingerprint density at radius 3 is 1.69 bits per heavy atom. The van der Waals surface area contributed by atoms with Crippen molar-refractivity contribution >= 4 is 11.4 Å². The minimum atomic E-state index is -0.325. The van der Waals surface area contributed by atoms with E-state index >= 15 is 0 Å². The molecule has 2 nitrogen and oxygen atoms in total. The molecule has 0 spiro atoms. The summed E-state index contributed by atoms with van der Waals surface area (Å²) in [5.41, 5.74) is 13.1. The van der Waals surface area contributed by atoms with Crippen molar-refractivity contribution in [3.8, 4) is 11.1 Å². The molecular weight excluding hydrogens is 544 g/mol. The number of benzene rings is 6. The Morgan fingerprint density at radius 1 is 0.578 bits per heavy atom. The largest absolute Gasteiger partial charge is 0.388 e. The quantitative estimate of drug-likeness (QED) is 0.186. The van der Waals surface area contributed by atoms with E-state index in [1.807, 2.05) is 43.4 Å². The van der Waals surface area contributed by atoms with Gasteiger partial charge >= 0.3 is 0 Å². The summed E-state index contributed by atoms with van der Waals surface area (Å²) in [5.74, 6) is 0. The van der Waals surface area contributed by atoms with E-state index < -0.39 is 0 Å². The predicted molar refractivity (Wildman–Crippen MR) is 191 cm³/mol. The molecule has 220 valence electrons. The maximum absolute atomic E-state index is 4.58. The monoisotopic (exact) mass is 582 g/mol. The minimum absolute atomic E-state index is 0.325. The highest BCUT2D eigenvalue weighted by molar-refractivity contribution is 5.98. The molecule has 1 N–H and O–H groups in total. The molecule has 6 aromatic rings.